The molecule has 4 nitrogen and oxygen atoms in total. The molecule has 112 valence electrons. The summed E-state index contributed by atoms with van der Waals surface area (Å²) in [5.74, 6) is -2.50. The quantitative estimate of drug-likeness (QED) is 0.771. The molecule has 0 aliphatic heterocycles. The molecule has 0 spiro atoms. The average molecular weight is 287 g/mol. The third-order valence-electron chi connectivity index (χ3n) is 2.99. The Morgan fingerprint density at radius 2 is 2.15 bits per heavy atom. The van der Waals surface area contributed by atoms with Gasteiger partial charge in [0.1, 0.15) is 11.4 Å². The molecular formula is C14H19F2NO3. The van der Waals surface area contributed by atoms with Crippen LogP contribution in [0.2, 0.25) is 0 Å². The maximum Gasteiger partial charge on any atom is 0.323 e. The molecule has 0 aromatic heterocycles. The van der Waals surface area contributed by atoms with Crippen LogP contribution in [0.3, 0.4) is 0 Å². The van der Waals surface area contributed by atoms with E-state index in [0.29, 0.717) is 6.54 Å². The summed E-state index contributed by atoms with van der Waals surface area (Å²) in [6, 6.07) is 2.90. The van der Waals surface area contributed by atoms with Crippen LogP contribution in [-0.2, 0) is 4.79 Å². The zero-order chi connectivity index (χ0) is 15.2. The number of hydrogen-bond acceptors (Lipinski definition) is 3. The van der Waals surface area contributed by atoms with Gasteiger partial charge in [0.05, 0.1) is 6.61 Å². The Morgan fingerprint density at radius 3 is 2.75 bits per heavy atom. The van der Waals surface area contributed by atoms with Gasteiger partial charge in [0.2, 0.25) is 0 Å². The lowest BCUT2D eigenvalue weighted by Gasteiger charge is -2.26. The fourth-order valence-corrected chi connectivity index (χ4v) is 1.62. The zero-order valence-corrected chi connectivity index (χ0v) is 11.6. The highest BCUT2D eigenvalue weighted by atomic mass is 19.1. The lowest BCUT2D eigenvalue weighted by atomic mass is 9.98. The maximum absolute atomic E-state index is 13.3. The van der Waals surface area contributed by atoms with Crippen LogP contribution in [0.25, 0.3) is 0 Å². The van der Waals surface area contributed by atoms with Gasteiger partial charge in [-0.05, 0) is 32.0 Å². The predicted molar refractivity (Wildman–Crippen MR) is 70.8 cm³/mol. The fraction of sp³-hybridized carbons (Fsp3) is 0.500. The predicted octanol–water partition coefficient (Wildman–Crippen LogP) is 2.58. The van der Waals surface area contributed by atoms with Crippen LogP contribution >= 0.6 is 0 Å². The minimum Gasteiger partial charge on any atom is -0.490 e. The van der Waals surface area contributed by atoms with Crippen molar-refractivity contribution in [3.63, 3.8) is 0 Å². The molecule has 0 radical (unpaired) electrons. The lowest BCUT2D eigenvalue weighted by molar-refractivity contribution is -0.144. The average Bonchev–Trinajstić information content (AvgIpc) is 2.40. The van der Waals surface area contributed by atoms with Crippen molar-refractivity contribution in [2.75, 3.05) is 13.2 Å². The first-order valence-electron chi connectivity index (χ1n) is 6.45. The third kappa shape index (κ3) is 4.45. The zero-order valence-electron chi connectivity index (χ0n) is 11.6. The highest BCUT2D eigenvalue weighted by Gasteiger charge is 2.32. The highest BCUT2D eigenvalue weighted by molar-refractivity contribution is 5.78. The largest absolute Gasteiger partial charge is 0.490 e. The molecule has 1 aromatic rings. The molecule has 0 fully saturated rings. The summed E-state index contributed by atoms with van der Waals surface area (Å²) in [4.78, 5) is 11.2. The van der Waals surface area contributed by atoms with Crippen molar-refractivity contribution in [2.45, 2.75) is 32.2 Å². The van der Waals surface area contributed by atoms with Gasteiger partial charge >= 0.3 is 5.97 Å². The van der Waals surface area contributed by atoms with Crippen LogP contribution in [-0.4, -0.2) is 29.8 Å². The first-order chi connectivity index (χ1) is 9.39. The van der Waals surface area contributed by atoms with Crippen molar-refractivity contribution >= 4 is 5.97 Å². The van der Waals surface area contributed by atoms with E-state index >= 15 is 0 Å². The van der Waals surface area contributed by atoms with Gasteiger partial charge in [-0.3, -0.25) is 4.79 Å². The summed E-state index contributed by atoms with van der Waals surface area (Å²) in [6.07, 6.45) is 0.931. The second-order valence-corrected chi connectivity index (χ2v) is 4.74. The molecule has 0 saturated heterocycles. The van der Waals surface area contributed by atoms with Crippen molar-refractivity contribution < 1.29 is 23.4 Å². The van der Waals surface area contributed by atoms with E-state index in [2.05, 4.69) is 5.32 Å². The number of rotatable bonds is 8. The Labute approximate surface area is 116 Å². The first-order valence-corrected chi connectivity index (χ1v) is 6.45. The highest BCUT2D eigenvalue weighted by Crippen LogP contribution is 2.19. The third-order valence-corrected chi connectivity index (χ3v) is 2.99. The molecule has 20 heavy (non-hydrogen) atoms. The van der Waals surface area contributed by atoms with Crippen LogP contribution in [0.15, 0.2) is 18.2 Å². The van der Waals surface area contributed by atoms with Crippen LogP contribution in [0.5, 0.6) is 5.75 Å². The molecule has 6 heteroatoms. The second kappa shape index (κ2) is 7.19. The van der Waals surface area contributed by atoms with Crippen LogP contribution in [0.4, 0.5) is 8.78 Å². The molecule has 0 aliphatic carbocycles. The molecule has 0 bridgehead atoms. The number of hydrogen-bond donors (Lipinski definition) is 2. The Balaban J connectivity index is 2.60. The Bertz CT molecular complexity index is 468. The van der Waals surface area contributed by atoms with E-state index in [9.17, 15) is 18.7 Å². The summed E-state index contributed by atoms with van der Waals surface area (Å²) >= 11 is 0. The molecular weight excluding hydrogens is 268 g/mol. The number of carbonyl (C=O) groups is 1. The molecule has 0 amide bonds. The summed E-state index contributed by atoms with van der Waals surface area (Å²) in [5.41, 5.74) is -1.15. The van der Waals surface area contributed by atoms with Gasteiger partial charge in [-0.2, -0.15) is 0 Å². The van der Waals surface area contributed by atoms with E-state index in [1.165, 1.54) is 6.92 Å². The molecule has 1 rings (SSSR count). The van der Waals surface area contributed by atoms with Crippen molar-refractivity contribution in [3.05, 3.63) is 29.8 Å². The van der Waals surface area contributed by atoms with E-state index in [4.69, 9.17) is 4.74 Å². The van der Waals surface area contributed by atoms with Crippen molar-refractivity contribution in [1.82, 2.24) is 5.32 Å². The molecule has 1 aromatic carbocycles. The number of halogens is 2. The fourth-order valence-electron chi connectivity index (χ4n) is 1.62. The van der Waals surface area contributed by atoms with E-state index in [0.717, 1.165) is 24.6 Å². The maximum atomic E-state index is 13.3. The minimum absolute atomic E-state index is 0.0279. The minimum atomic E-state index is -1.15. The number of carboxylic acids is 1. The van der Waals surface area contributed by atoms with E-state index in [-0.39, 0.29) is 18.8 Å². The number of carboxylic acid groups (broad SMARTS) is 1. The normalized spacial score (nSPS) is 13.8. The second-order valence-electron chi connectivity index (χ2n) is 4.74. The Morgan fingerprint density at radius 1 is 1.45 bits per heavy atom. The van der Waals surface area contributed by atoms with Gasteiger partial charge in [-0.1, -0.05) is 6.92 Å². The number of nitrogens with one attached hydrogen (secondary N) is 1. The first kappa shape index (κ1) is 16.4. The molecule has 0 heterocycles. The lowest BCUT2D eigenvalue weighted by Crippen LogP contribution is -2.50. The monoisotopic (exact) mass is 287 g/mol. The summed E-state index contributed by atoms with van der Waals surface area (Å²) < 4.78 is 31.4. The Hall–Kier alpha value is -1.69. The molecule has 2 N–H and O–H groups in total. The van der Waals surface area contributed by atoms with E-state index in [1.54, 1.807) is 0 Å². The molecule has 0 aliphatic rings. The number of ether oxygens (including phenoxy) is 1. The van der Waals surface area contributed by atoms with Gasteiger partial charge in [0, 0.05) is 12.5 Å². The SMILES string of the molecule is CCCNC(C)(CCOc1cc(F)ccc1F)C(=O)O. The van der Waals surface area contributed by atoms with Crippen LogP contribution in [0, 0.1) is 11.6 Å². The number of benzene rings is 1. The van der Waals surface area contributed by atoms with Gasteiger partial charge in [-0.25, -0.2) is 8.78 Å². The van der Waals surface area contributed by atoms with Gasteiger partial charge in [0.25, 0.3) is 0 Å². The van der Waals surface area contributed by atoms with Crippen LogP contribution in [0.1, 0.15) is 26.7 Å². The van der Waals surface area contributed by atoms with Gasteiger partial charge in [0.15, 0.2) is 11.6 Å². The number of aliphatic carboxylic acids is 1. The van der Waals surface area contributed by atoms with Gasteiger partial charge in [-0.15, -0.1) is 0 Å². The van der Waals surface area contributed by atoms with Gasteiger partial charge < -0.3 is 15.2 Å². The van der Waals surface area contributed by atoms with Crippen LogP contribution < -0.4 is 10.1 Å². The van der Waals surface area contributed by atoms with Crippen molar-refractivity contribution in [2.24, 2.45) is 0 Å². The Kier molecular flexibility index (Phi) is 5.88. The summed E-state index contributed by atoms with van der Waals surface area (Å²) in [5, 5.41) is 12.1. The smallest absolute Gasteiger partial charge is 0.323 e. The van der Waals surface area contributed by atoms with E-state index in [1.807, 2.05) is 6.92 Å². The van der Waals surface area contributed by atoms with Crippen molar-refractivity contribution in [1.29, 1.82) is 0 Å². The topological polar surface area (TPSA) is 58.6 Å². The van der Waals surface area contributed by atoms with E-state index < -0.39 is 23.1 Å². The standard InChI is InChI=1S/C14H19F2NO3/c1-3-7-17-14(2,13(18)19)6-8-20-12-9-10(15)4-5-11(12)16/h4-5,9,17H,3,6-8H2,1-2H3,(H,18,19). The molecule has 1 unspecified atom stereocenters. The molecule has 1 atom stereocenters. The van der Waals surface area contributed by atoms with Crippen molar-refractivity contribution in [3.8, 4) is 5.75 Å². The molecule has 0 saturated carbocycles. The summed E-state index contributed by atoms with van der Waals surface area (Å²) in [7, 11) is 0. The summed E-state index contributed by atoms with van der Waals surface area (Å²) in [6.45, 7) is 3.99.